The highest BCUT2D eigenvalue weighted by molar-refractivity contribution is 4.96. The van der Waals surface area contributed by atoms with Crippen LogP contribution in [0.4, 0.5) is 0 Å². The van der Waals surface area contributed by atoms with Crippen LogP contribution in [-0.4, -0.2) is 0 Å². The molecule has 0 saturated heterocycles. The van der Waals surface area contributed by atoms with Gasteiger partial charge in [0.1, 0.15) is 0 Å². The van der Waals surface area contributed by atoms with Crippen molar-refractivity contribution in [1.29, 1.82) is 0 Å². The van der Waals surface area contributed by atoms with Crippen molar-refractivity contribution in [3.8, 4) is 0 Å². The molecule has 0 heterocycles. The van der Waals surface area contributed by atoms with E-state index in [0.29, 0.717) is 0 Å². The predicted molar refractivity (Wildman–Crippen MR) is 292 cm³/mol. The molecule has 0 bridgehead atoms. The van der Waals surface area contributed by atoms with Gasteiger partial charge in [0.15, 0.2) is 0 Å². The average Bonchev–Trinajstić information content (AvgIpc) is 3.36. The van der Waals surface area contributed by atoms with E-state index in [-0.39, 0.29) is 0 Å². The molecule has 6 rings (SSSR count). The summed E-state index contributed by atoms with van der Waals surface area (Å²) in [5.74, 6) is 11.9. The first-order valence-corrected chi connectivity index (χ1v) is 29.0. The minimum Gasteiger partial charge on any atom is -0.103 e. The molecular formula is C65H108. The summed E-state index contributed by atoms with van der Waals surface area (Å²) in [4.78, 5) is 0. The van der Waals surface area contributed by atoms with E-state index in [1.165, 1.54) is 205 Å². The maximum absolute atomic E-state index is 3.96. The van der Waals surface area contributed by atoms with Crippen LogP contribution in [-0.2, 0) is 0 Å². The molecule has 0 heteroatoms. The molecule has 0 radical (unpaired) electrons. The molecule has 0 aromatic heterocycles. The summed E-state index contributed by atoms with van der Waals surface area (Å²) in [6, 6.07) is 0. The summed E-state index contributed by atoms with van der Waals surface area (Å²) in [6.07, 6.45) is 78.1. The first-order chi connectivity index (χ1) is 32.0. The number of unbranched alkanes of at least 4 members (excludes halogenated alkanes) is 2. The summed E-state index contributed by atoms with van der Waals surface area (Å²) in [7, 11) is 0. The van der Waals surface area contributed by atoms with Crippen molar-refractivity contribution < 1.29 is 0 Å². The third-order valence-electron chi connectivity index (χ3n) is 18.3. The van der Waals surface area contributed by atoms with E-state index < -0.39 is 0 Å². The highest BCUT2D eigenvalue weighted by Crippen LogP contribution is 2.45. The number of rotatable bonds is 21. The van der Waals surface area contributed by atoms with Gasteiger partial charge in [-0.2, -0.15) is 0 Å². The topological polar surface area (TPSA) is 0 Å². The van der Waals surface area contributed by atoms with Gasteiger partial charge in [-0.3, -0.25) is 0 Å². The summed E-state index contributed by atoms with van der Waals surface area (Å²) >= 11 is 0. The molecule has 368 valence electrons. The third-order valence-corrected chi connectivity index (χ3v) is 18.3. The molecule has 0 unspecified atom stereocenters. The van der Waals surface area contributed by atoms with Gasteiger partial charge in [-0.1, -0.05) is 118 Å². The lowest BCUT2D eigenvalue weighted by Gasteiger charge is -2.38. The molecule has 65 heavy (non-hydrogen) atoms. The zero-order chi connectivity index (χ0) is 46.2. The first kappa shape index (κ1) is 55.5. The zero-order valence-electron chi connectivity index (χ0n) is 43.6. The van der Waals surface area contributed by atoms with Gasteiger partial charge in [0.05, 0.1) is 0 Å². The molecule has 0 N–H and O–H groups in total. The fourth-order valence-corrected chi connectivity index (χ4v) is 13.8. The van der Waals surface area contributed by atoms with Crippen LogP contribution in [0.2, 0.25) is 0 Å². The Morgan fingerprint density at radius 1 is 0.292 bits per heavy atom. The Morgan fingerprint density at radius 2 is 0.554 bits per heavy atom. The fourth-order valence-electron chi connectivity index (χ4n) is 13.8. The fraction of sp³-hybridized carbons (Fsp3) is 0.754. The summed E-state index contributed by atoms with van der Waals surface area (Å²) in [6.45, 7) is 18.0. The lowest BCUT2D eigenvalue weighted by Crippen LogP contribution is -2.25. The highest BCUT2D eigenvalue weighted by atomic mass is 14.4. The van der Waals surface area contributed by atoms with Gasteiger partial charge in [0.25, 0.3) is 0 Å². The first-order valence-electron chi connectivity index (χ1n) is 29.0. The lowest BCUT2D eigenvalue weighted by molar-refractivity contribution is 0.142. The van der Waals surface area contributed by atoms with Gasteiger partial charge in [-0.15, -0.1) is 19.7 Å². The second kappa shape index (κ2) is 35.1. The Bertz CT molecular complexity index is 1250. The Morgan fingerprint density at radius 3 is 0.800 bits per heavy atom. The van der Waals surface area contributed by atoms with Gasteiger partial charge >= 0.3 is 0 Å². The number of hydrogen-bond acceptors (Lipinski definition) is 0. The average molecular weight is 890 g/mol. The van der Waals surface area contributed by atoms with Crippen molar-refractivity contribution in [1.82, 2.24) is 0 Å². The maximum atomic E-state index is 3.96. The van der Waals surface area contributed by atoms with E-state index in [1.807, 2.05) is 12.2 Å². The van der Waals surface area contributed by atoms with Gasteiger partial charge in [0.2, 0.25) is 0 Å². The minimum atomic E-state index is 0.827. The van der Waals surface area contributed by atoms with Crippen LogP contribution >= 0.6 is 0 Å². The quantitative estimate of drug-likeness (QED) is 0.0796. The Labute approximate surface area is 407 Å². The van der Waals surface area contributed by atoms with Crippen LogP contribution in [0.3, 0.4) is 0 Å². The van der Waals surface area contributed by atoms with Crippen molar-refractivity contribution in [3.63, 3.8) is 0 Å². The Kier molecular flexibility index (Phi) is 30.0. The van der Waals surface area contributed by atoms with Gasteiger partial charge in [-0.05, 0) is 272 Å². The summed E-state index contributed by atoms with van der Waals surface area (Å²) in [5.41, 5.74) is 0. The van der Waals surface area contributed by atoms with Crippen molar-refractivity contribution >= 4 is 0 Å². The molecule has 0 aromatic rings. The molecule has 0 nitrogen and oxygen atoms in total. The van der Waals surface area contributed by atoms with E-state index >= 15 is 0 Å². The Hall–Kier alpha value is -2.08. The molecule has 6 aliphatic rings. The van der Waals surface area contributed by atoms with Crippen molar-refractivity contribution in [2.45, 2.75) is 239 Å². The van der Waals surface area contributed by atoms with Crippen molar-refractivity contribution in [2.75, 3.05) is 0 Å². The molecule has 0 aromatic carbocycles. The largest absolute Gasteiger partial charge is 0.103 e. The van der Waals surface area contributed by atoms with Gasteiger partial charge < -0.3 is 0 Å². The Balaban J connectivity index is 0.000000215. The molecule has 0 atom stereocenters. The monoisotopic (exact) mass is 889 g/mol. The van der Waals surface area contributed by atoms with E-state index in [9.17, 15) is 0 Å². The van der Waals surface area contributed by atoms with Crippen LogP contribution < -0.4 is 0 Å². The van der Waals surface area contributed by atoms with Crippen LogP contribution in [0, 0.1) is 71.0 Å². The second-order valence-electron chi connectivity index (χ2n) is 22.6. The molecule has 6 aliphatic carbocycles. The number of allylic oxidation sites excluding steroid dienone is 13. The van der Waals surface area contributed by atoms with Crippen LogP contribution in [0.15, 0.2) is 98.7 Å². The molecular weight excluding hydrogens is 781 g/mol. The zero-order valence-corrected chi connectivity index (χ0v) is 43.6. The van der Waals surface area contributed by atoms with E-state index in [2.05, 4.69) is 107 Å². The van der Waals surface area contributed by atoms with Crippen LogP contribution in [0.1, 0.15) is 239 Å². The van der Waals surface area contributed by atoms with E-state index in [0.717, 1.165) is 83.9 Å². The number of hydrogen-bond donors (Lipinski definition) is 0. The predicted octanol–water partition coefficient (Wildman–Crippen LogP) is 21.1. The summed E-state index contributed by atoms with van der Waals surface area (Å²) in [5, 5.41) is 0. The highest BCUT2D eigenvalue weighted by Gasteiger charge is 2.32. The van der Waals surface area contributed by atoms with Gasteiger partial charge in [-0.25, -0.2) is 0 Å². The minimum absolute atomic E-state index is 0.827. The lowest BCUT2D eigenvalue weighted by atomic mass is 9.68. The molecule has 0 spiro atoms. The van der Waals surface area contributed by atoms with Crippen LogP contribution in [0.5, 0.6) is 0 Å². The molecule has 6 fully saturated rings. The van der Waals surface area contributed by atoms with Crippen LogP contribution in [0.25, 0.3) is 0 Å². The smallest absolute Gasteiger partial charge is 0.0233 e. The van der Waals surface area contributed by atoms with E-state index in [1.54, 1.807) is 0 Å². The maximum Gasteiger partial charge on any atom is -0.0233 e. The third kappa shape index (κ3) is 22.7. The normalized spacial score (nSPS) is 33.7. The van der Waals surface area contributed by atoms with E-state index in [4.69, 9.17) is 0 Å². The summed E-state index contributed by atoms with van der Waals surface area (Å²) < 4.78 is 0. The van der Waals surface area contributed by atoms with Crippen molar-refractivity contribution in [2.24, 2.45) is 71.0 Å². The SMILES string of the molecule is C/C=C/CCC1CCC(C2CCC(CC/C=C/C)CC2)CC1.C=CC1CCC(C2CCC(CC/C=C/C)CC2)CC1.C=CCC/C=C/C1CCC(C2CCC(/C=C/CCC=C)CC2)CC1. The second-order valence-corrected chi connectivity index (χ2v) is 22.6. The van der Waals surface area contributed by atoms with Gasteiger partial charge in [0, 0.05) is 0 Å². The molecule has 0 amide bonds. The standard InChI is InChI=1S/C24H38.C22H38.C19H32/c1-3-5-7-9-11-21-13-17-23(18-14-21)24-19-15-22(16-20-24)12-10-8-6-4-2;1-3-5-7-9-19-11-15-21(16-12-19)22-17-13-20(14-18-22)10-8-6-4-2;1-3-5-6-7-17-10-14-19(15-11-17)18-12-8-16(4-2)9-13-18/h3-4,9-12,21-24H,1-2,5-8,13-20H2;3-6,19-22H,7-18H2,1-2H3;3-5,16-19H,2,6-15H2,1H3/b11-9+,12-10+;5-3+,6-4+;5-3+. The molecule has 6 saturated carbocycles. The molecule has 0 aliphatic heterocycles. The van der Waals surface area contributed by atoms with Crippen molar-refractivity contribution in [3.05, 3.63) is 98.7 Å².